The van der Waals surface area contributed by atoms with E-state index in [1.165, 1.54) is 6.92 Å². The van der Waals surface area contributed by atoms with Crippen molar-refractivity contribution in [1.29, 1.82) is 0 Å². The van der Waals surface area contributed by atoms with Crippen LogP contribution in [0.15, 0.2) is 0 Å². The number of nitrogens with two attached hydrogens (primary N) is 1. The standard InChI is InChI=1S/C15H27N3O10S/c1-4(21)17-8-10(23)12(6(3-20)26-13(8)25)28-14-11(24)7(18-15(16)29)9(22)5(2-19)27-14/h5-14,19-20,22-25H,2-3H2,1H3,(H,17,21)(H3,16,18,29)/t5-,6-,7+,8-,9+,10-,11-,12-,13-,14+/m1/s1. The Labute approximate surface area is 171 Å². The minimum atomic E-state index is -1.63. The number of hydrogen-bond acceptors (Lipinski definition) is 11. The summed E-state index contributed by atoms with van der Waals surface area (Å²) >= 11 is 4.72. The molecule has 1 amide bonds. The molecule has 14 heteroatoms. The van der Waals surface area contributed by atoms with Crippen LogP contribution in [-0.2, 0) is 19.0 Å². The second-order valence-electron chi connectivity index (χ2n) is 6.81. The highest BCUT2D eigenvalue weighted by molar-refractivity contribution is 7.80. The zero-order valence-electron chi connectivity index (χ0n) is 15.5. The number of carbonyl (C=O) groups is 1. The van der Waals surface area contributed by atoms with Gasteiger partial charge in [-0.1, -0.05) is 0 Å². The lowest BCUT2D eigenvalue weighted by Gasteiger charge is -2.47. The SMILES string of the molecule is CC(=O)N[C@@H]1[C@@H](O)[C@H](O[C@@H]2O[C@H](CO)[C@H](O)[C@H](NC(N)=S)[C@H]2O)[C@@H](CO)O[C@H]1O. The van der Waals surface area contributed by atoms with E-state index in [1.807, 2.05) is 0 Å². The second kappa shape index (κ2) is 10.2. The van der Waals surface area contributed by atoms with Crippen molar-refractivity contribution in [3.05, 3.63) is 0 Å². The predicted molar refractivity (Wildman–Crippen MR) is 97.9 cm³/mol. The summed E-state index contributed by atoms with van der Waals surface area (Å²) in [5.74, 6) is -0.559. The molecule has 2 fully saturated rings. The summed E-state index contributed by atoms with van der Waals surface area (Å²) in [4.78, 5) is 11.3. The van der Waals surface area contributed by atoms with E-state index in [1.54, 1.807) is 0 Å². The smallest absolute Gasteiger partial charge is 0.217 e. The van der Waals surface area contributed by atoms with Crippen LogP contribution in [0.3, 0.4) is 0 Å². The molecule has 0 saturated carbocycles. The summed E-state index contributed by atoms with van der Waals surface area (Å²) in [7, 11) is 0. The van der Waals surface area contributed by atoms with Crippen LogP contribution in [0, 0.1) is 0 Å². The predicted octanol–water partition coefficient (Wildman–Crippen LogP) is -5.41. The maximum Gasteiger partial charge on any atom is 0.217 e. The van der Waals surface area contributed by atoms with E-state index in [0.717, 1.165) is 0 Å². The molecule has 2 rings (SSSR count). The second-order valence-corrected chi connectivity index (χ2v) is 7.25. The molecule has 29 heavy (non-hydrogen) atoms. The van der Waals surface area contributed by atoms with Gasteiger partial charge in [0.1, 0.15) is 42.7 Å². The quantitative estimate of drug-likeness (QED) is 0.176. The first kappa shape index (κ1) is 24.1. The van der Waals surface area contributed by atoms with Gasteiger partial charge in [0.2, 0.25) is 5.91 Å². The first-order chi connectivity index (χ1) is 13.6. The molecular formula is C15H27N3O10S. The number of hydrogen-bond donors (Lipinski definition) is 9. The fourth-order valence-corrected chi connectivity index (χ4v) is 3.47. The van der Waals surface area contributed by atoms with Crippen LogP contribution in [0.2, 0.25) is 0 Å². The Morgan fingerprint density at radius 2 is 1.62 bits per heavy atom. The summed E-state index contributed by atoms with van der Waals surface area (Å²) in [6.45, 7) is -0.140. The normalized spacial score (nSPS) is 42.9. The molecule has 0 bridgehead atoms. The molecule has 0 radical (unpaired) electrons. The van der Waals surface area contributed by atoms with Crippen LogP contribution in [-0.4, -0.2) is 116 Å². The molecule has 0 aliphatic carbocycles. The first-order valence-corrected chi connectivity index (χ1v) is 9.25. The zero-order valence-corrected chi connectivity index (χ0v) is 16.3. The van der Waals surface area contributed by atoms with E-state index >= 15 is 0 Å². The Balaban J connectivity index is 2.22. The fourth-order valence-electron chi connectivity index (χ4n) is 3.33. The van der Waals surface area contributed by atoms with Gasteiger partial charge in [-0.25, -0.2) is 0 Å². The number of carbonyl (C=O) groups excluding carboxylic acids is 1. The Bertz CT molecular complexity index is 587. The summed E-state index contributed by atoms with van der Waals surface area (Å²) in [6.07, 6.45) is -11.5. The Morgan fingerprint density at radius 3 is 2.14 bits per heavy atom. The summed E-state index contributed by atoms with van der Waals surface area (Å²) in [5, 5.41) is 64.8. The van der Waals surface area contributed by atoms with E-state index in [-0.39, 0.29) is 5.11 Å². The van der Waals surface area contributed by atoms with E-state index in [4.69, 9.17) is 32.2 Å². The minimum absolute atomic E-state index is 0.228. The number of aliphatic hydroxyl groups excluding tert-OH is 6. The molecule has 10 atom stereocenters. The average molecular weight is 441 g/mol. The van der Waals surface area contributed by atoms with E-state index in [0.29, 0.717) is 0 Å². The van der Waals surface area contributed by atoms with E-state index in [9.17, 15) is 35.4 Å². The van der Waals surface area contributed by atoms with Crippen molar-refractivity contribution >= 4 is 23.2 Å². The van der Waals surface area contributed by atoms with E-state index < -0.39 is 80.4 Å². The van der Waals surface area contributed by atoms with Gasteiger partial charge in [-0.3, -0.25) is 4.79 Å². The summed E-state index contributed by atoms with van der Waals surface area (Å²) in [6, 6.07) is -2.46. The largest absolute Gasteiger partial charge is 0.394 e. The van der Waals surface area contributed by atoms with Gasteiger partial charge in [-0.2, -0.15) is 0 Å². The minimum Gasteiger partial charge on any atom is -0.394 e. The molecule has 2 saturated heterocycles. The van der Waals surface area contributed by atoms with Crippen LogP contribution in [0.5, 0.6) is 0 Å². The van der Waals surface area contributed by atoms with Crippen molar-refractivity contribution in [2.75, 3.05) is 13.2 Å². The molecule has 2 aliphatic heterocycles. The van der Waals surface area contributed by atoms with Crippen LogP contribution >= 0.6 is 12.2 Å². The van der Waals surface area contributed by atoms with Gasteiger partial charge < -0.3 is 61.2 Å². The third kappa shape index (κ3) is 5.49. The van der Waals surface area contributed by atoms with Gasteiger partial charge in [0.15, 0.2) is 17.7 Å². The van der Waals surface area contributed by atoms with Crippen molar-refractivity contribution < 1.29 is 49.6 Å². The fraction of sp³-hybridized carbons (Fsp3) is 0.867. The number of amides is 1. The number of aliphatic hydroxyl groups is 6. The van der Waals surface area contributed by atoms with Crippen LogP contribution < -0.4 is 16.4 Å². The van der Waals surface area contributed by atoms with Gasteiger partial charge >= 0.3 is 0 Å². The van der Waals surface area contributed by atoms with Gasteiger partial charge in [0, 0.05) is 6.92 Å². The number of thiocarbonyl (C=S) groups is 1. The van der Waals surface area contributed by atoms with Crippen molar-refractivity contribution in [2.24, 2.45) is 5.73 Å². The molecule has 13 nitrogen and oxygen atoms in total. The van der Waals surface area contributed by atoms with Gasteiger partial charge in [-0.15, -0.1) is 0 Å². The molecule has 2 heterocycles. The molecule has 0 unspecified atom stereocenters. The van der Waals surface area contributed by atoms with Crippen molar-refractivity contribution in [1.82, 2.24) is 10.6 Å². The third-order valence-electron chi connectivity index (χ3n) is 4.73. The number of rotatable bonds is 6. The number of nitrogens with one attached hydrogen (secondary N) is 2. The van der Waals surface area contributed by atoms with Gasteiger partial charge in [0.25, 0.3) is 0 Å². The lowest BCUT2D eigenvalue weighted by molar-refractivity contribution is -0.334. The van der Waals surface area contributed by atoms with Gasteiger partial charge in [-0.05, 0) is 12.2 Å². The number of ether oxygens (including phenoxy) is 3. The highest BCUT2D eigenvalue weighted by atomic mass is 32.1. The highest BCUT2D eigenvalue weighted by Gasteiger charge is 2.51. The maximum atomic E-state index is 11.3. The molecular weight excluding hydrogens is 414 g/mol. The third-order valence-corrected chi connectivity index (χ3v) is 4.84. The van der Waals surface area contributed by atoms with Gasteiger partial charge in [0.05, 0.1) is 19.3 Å². The molecule has 168 valence electrons. The van der Waals surface area contributed by atoms with Crippen LogP contribution in [0.1, 0.15) is 6.92 Å². The Hall–Kier alpha value is -1.20. The lowest BCUT2D eigenvalue weighted by atomic mass is 9.94. The van der Waals surface area contributed by atoms with E-state index in [2.05, 4.69) is 10.6 Å². The lowest BCUT2D eigenvalue weighted by Crippen LogP contribution is -2.69. The average Bonchev–Trinajstić information content (AvgIpc) is 2.65. The summed E-state index contributed by atoms with van der Waals surface area (Å²) < 4.78 is 16.1. The van der Waals surface area contributed by atoms with Crippen LogP contribution in [0.25, 0.3) is 0 Å². The van der Waals surface area contributed by atoms with Crippen molar-refractivity contribution in [2.45, 2.75) is 68.2 Å². The first-order valence-electron chi connectivity index (χ1n) is 8.84. The van der Waals surface area contributed by atoms with Crippen molar-refractivity contribution in [3.8, 4) is 0 Å². The highest BCUT2D eigenvalue weighted by Crippen LogP contribution is 2.28. The zero-order chi connectivity index (χ0) is 21.9. The Morgan fingerprint density at radius 1 is 1.00 bits per heavy atom. The topological polar surface area (TPSA) is 216 Å². The summed E-state index contributed by atoms with van der Waals surface area (Å²) in [5.41, 5.74) is 5.40. The Kier molecular flexibility index (Phi) is 8.48. The molecule has 10 N–H and O–H groups in total. The van der Waals surface area contributed by atoms with Crippen LogP contribution in [0.4, 0.5) is 0 Å². The molecule has 0 aromatic carbocycles. The van der Waals surface area contributed by atoms with Crippen molar-refractivity contribution in [3.63, 3.8) is 0 Å². The molecule has 0 aromatic rings. The molecule has 0 aromatic heterocycles. The monoisotopic (exact) mass is 441 g/mol. The molecule has 0 spiro atoms. The maximum absolute atomic E-state index is 11.3. The molecule has 2 aliphatic rings.